The lowest BCUT2D eigenvalue weighted by Crippen LogP contribution is -2.52. The van der Waals surface area contributed by atoms with Gasteiger partial charge in [-0.05, 0) is 47.1 Å². The van der Waals surface area contributed by atoms with Gasteiger partial charge < -0.3 is 9.40 Å². The zero-order valence-electron chi connectivity index (χ0n) is 20.7. The second kappa shape index (κ2) is 8.45. The minimum atomic E-state index is -1.16. The molecule has 0 bridgehead atoms. The van der Waals surface area contributed by atoms with Gasteiger partial charge in [-0.2, -0.15) is 0 Å². The van der Waals surface area contributed by atoms with E-state index in [2.05, 4.69) is 44.3 Å². The summed E-state index contributed by atoms with van der Waals surface area (Å²) in [6, 6.07) is 15.1. The van der Waals surface area contributed by atoms with Crippen molar-refractivity contribution in [3.8, 4) is 0 Å². The summed E-state index contributed by atoms with van der Waals surface area (Å²) in [5, 5.41) is 1.59. The van der Waals surface area contributed by atoms with E-state index in [0.717, 1.165) is 28.0 Å². The van der Waals surface area contributed by atoms with Crippen molar-refractivity contribution in [2.45, 2.75) is 25.6 Å². The van der Waals surface area contributed by atoms with E-state index >= 15 is 0 Å². The monoisotopic (exact) mass is 503 g/mol. The van der Waals surface area contributed by atoms with Crippen LogP contribution in [0.3, 0.4) is 0 Å². The van der Waals surface area contributed by atoms with Gasteiger partial charge in [-0.15, -0.1) is 0 Å². The Bertz CT molecular complexity index is 1880. The van der Waals surface area contributed by atoms with Crippen LogP contribution in [0, 0.1) is 5.92 Å². The highest BCUT2D eigenvalue weighted by molar-refractivity contribution is 6.22. The Kier molecular flexibility index (Phi) is 5.01. The number of fused-ring (bicyclic) bond motifs is 3. The quantitative estimate of drug-likeness (QED) is 0.342. The molecule has 186 valence electrons. The molecule has 2 aromatic carbocycles. The number of amidine groups is 1. The second-order valence-electron chi connectivity index (χ2n) is 9.83. The molecule has 1 aliphatic carbocycles. The molecule has 3 atom stereocenters. The van der Waals surface area contributed by atoms with E-state index in [-0.39, 0.29) is 17.8 Å². The van der Waals surface area contributed by atoms with Gasteiger partial charge in [0, 0.05) is 23.7 Å². The highest BCUT2D eigenvalue weighted by Crippen LogP contribution is 2.39. The third-order valence-corrected chi connectivity index (χ3v) is 7.58. The van der Waals surface area contributed by atoms with Crippen LogP contribution < -0.4 is 5.43 Å². The van der Waals surface area contributed by atoms with E-state index in [1.54, 1.807) is 18.2 Å². The van der Waals surface area contributed by atoms with Crippen LogP contribution in [0.4, 0.5) is 4.39 Å². The molecule has 38 heavy (non-hydrogen) atoms. The molecule has 0 amide bonds. The van der Waals surface area contributed by atoms with Crippen molar-refractivity contribution < 1.29 is 13.4 Å². The van der Waals surface area contributed by atoms with Crippen LogP contribution in [0.25, 0.3) is 27.4 Å². The number of nitrogens with one attached hydrogen (secondary N) is 1. The van der Waals surface area contributed by atoms with Gasteiger partial charge in [-0.3, -0.25) is 4.79 Å². The number of alkyl halides is 1. The molecule has 0 fully saturated rings. The van der Waals surface area contributed by atoms with E-state index < -0.39 is 12.2 Å². The van der Waals surface area contributed by atoms with Crippen LogP contribution in [0.1, 0.15) is 36.3 Å². The number of H-pyrrole nitrogens is 1. The van der Waals surface area contributed by atoms with Crippen LogP contribution in [-0.4, -0.2) is 33.6 Å². The van der Waals surface area contributed by atoms with Gasteiger partial charge >= 0.3 is 5.84 Å². The fourth-order valence-electron chi connectivity index (χ4n) is 5.76. The maximum Gasteiger partial charge on any atom is 0.318 e. The average Bonchev–Trinajstić information content (AvgIpc) is 3.38. The van der Waals surface area contributed by atoms with E-state index in [4.69, 9.17) is 4.42 Å². The first-order chi connectivity index (χ1) is 18.5. The van der Waals surface area contributed by atoms with Gasteiger partial charge in [0.25, 0.3) is 0 Å². The fourth-order valence-corrected chi connectivity index (χ4v) is 5.76. The number of aliphatic imine (C=N–C) groups is 2. The molecule has 7 rings (SSSR count). The first-order valence-corrected chi connectivity index (χ1v) is 12.6. The highest BCUT2D eigenvalue weighted by Gasteiger charge is 2.52. The maximum absolute atomic E-state index is 14.5. The molecule has 4 aromatic rings. The molecule has 0 saturated heterocycles. The standard InChI is InChI=1S/C31H23FN4O2/c1-17-26-28(21-11-10-19-12-13-33-24(19)15-21)36(31(26)35-16-34-17)18(2)30-27(20-6-5-7-22(32)14-20)29(37)23-8-3-4-9-25(23)38-30/h3-13,15-16,18,22,26H,1,14H2,2H3/p+1. The summed E-state index contributed by atoms with van der Waals surface area (Å²) >= 11 is 0. The number of aromatic nitrogens is 1. The van der Waals surface area contributed by atoms with Crippen molar-refractivity contribution in [3.05, 3.63) is 112 Å². The third kappa shape index (κ3) is 3.31. The van der Waals surface area contributed by atoms with Gasteiger partial charge in [0.05, 0.1) is 16.6 Å². The van der Waals surface area contributed by atoms with Crippen molar-refractivity contribution in [2.75, 3.05) is 0 Å². The average molecular weight is 504 g/mol. The number of benzene rings is 2. The first-order valence-electron chi connectivity index (χ1n) is 12.6. The van der Waals surface area contributed by atoms with Crippen LogP contribution in [0.2, 0.25) is 0 Å². The molecule has 7 heteroatoms. The normalized spacial score (nSPS) is 21.4. The molecule has 0 saturated carbocycles. The summed E-state index contributed by atoms with van der Waals surface area (Å²) in [5.41, 5.74) is 5.09. The summed E-state index contributed by atoms with van der Waals surface area (Å²) in [6.45, 7) is 6.17. The Morgan fingerprint density at radius 3 is 2.95 bits per heavy atom. The minimum Gasteiger partial charge on any atom is -0.456 e. The van der Waals surface area contributed by atoms with E-state index in [1.807, 2.05) is 37.4 Å². The Hall–Kier alpha value is -4.65. The van der Waals surface area contributed by atoms with E-state index in [1.165, 1.54) is 12.4 Å². The predicted molar refractivity (Wildman–Crippen MR) is 149 cm³/mol. The molecule has 0 radical (unpaired) electrons. The largest absolute Gasteiger partial charge is 0.456 e. The van der Waals surface area contributed by atoms with Crippen molar-refractivity contribution in [1.29, 1.82) is 0 Å². The lowest BCUT2D eigenvalue weighted by Gasteiger charge is -2.34. The van der Waals surface area contributed by atoms with Gasteiger partial charge in [0.2, 0.25) is 11.8 Å². The van der Waals surface area contributed by atoms with Gasteiger partial charge in [0.15, 0.2) is 17.7 Å². The molecule has 3 unspecified atom stereocenters. The Morgan fingerprint density at radius 2 is 2.08 bits per heavy atom. The number of halogens is 1. The summed E-state index contributed by atoms with van der Waals surface area (Å²) in [5.74, 6) is 1.11. The zero-order valence-corrected chi connectivity index (χ0v) is 20.7. The SMILES string of the molecule is C=C1N=CN=C2C1C(c1ccc3cc[nH]c3c1)=[N+]2C(C)c1oc2ccccc2c(=O)c1C1=CC=CC(F)C1. The molecule has 6 nitrogen and oxygen atoms in total. The number of hydrogen-bond acceptors (Lipinski definition) is 4. The number of allylic oxidation sites excluding steroid dienone is 4. The highest BCUT2D eigenvalue weighted by atomic mass is 19.1. The smallest absolute Gasteiger partial charge is 0.318 e. The summed E-state index contributed by atoms with van der Waals surface area (Å²) in [6.07, 6.45) is 7.36. The Labute approximate surface area is 217 Å². The molecule has 2 aliphatic heterocycles. The van der Waals surface area contributed by atoms with Crippen LogP contribution in [0.5, 0.6) is 0 Å². The first kappa shape index (κ1) is 22.5. The Balaban J connectivity index is 1.48. The summed E-state index contributed by atoms with van der Waals surface area (Å²) < 4.78 is 23.0. The molecule has 3 aliphatic rings. The molecule has 1 N–H and O–H groups in total. The van der Waals surface area contributed by atoms with Crippen LogP contribution in [0.15, 0.2) is 104 Å². The van der Waals surface area contributed by atoms with Crippen LogP contribution in [-0.2, 0) is 0 Å². The van der Waals surface area contributed by atoms with Crippen molar-refractivity contribution >= 4 is 45.3 Å². The summed E-state index contributed by atoms with van der Waals surface area (Å²) in [7, 11) is 0. The number of hydrogen-bond donors (Lipinski definition) is 1. The number of aromatic amines is 1. The number of rotatable bonds is 4. The molecule has 4 heterocycles. The summed E-state index contributed by atoms with van der Waals surface area (Å²) in [4.78, 5) is 26.1. The molecular formula is C31H24FN4O2+. The van der Waals surface area contributed by atoms with Gasteiger partial charge in [0.1, 0.15) is 17.5 Å². The van der Waals surface area contributed by atoms with E-state index in [0.29, 0.717) is 33.6 Å². The predicted octanol–water partition coefficient (Wildman–Crippen LogP) is 6.10. The maximum atomic E-state index is 14.5. The van der Waals surface area contributed by atoms with Gasteiger partial charge in [-0.25, -0.2) is 14.0 Å². The Morgan fingerprint density at radius 1 is 1.21 bits per heavy atom. The molecule has 0 spiro atoms. The van der Waals surface area contributed by atoms with Crippen molar-refractivity contribution in [2.24, 2.45) is 15.9 Å². The van der Waals surface area contributed by atoms with Crippen molar-refractivity contribution in [3.63, 3.8) is 0 Å². The minimum absolute atomic E-state index is 0.117. The molecule has 2 aromatic heterocycles. The zero-order chi connectivity index (χ0) is 26.0. The molecular weight excluding hydrogens is 479 g/mol. The fraction of sp³-hybridized carbons (Fsp3) is 0.161. The topological polar surface area (TPSA) is 73.7 Å². The lowest BCUT2D eigenvalue weighted by molar-refractivity contribution is -0.482. The van der Waals surface area contributed by atoms with E-state index in [9.17, 15) is 9.18 Å². The van der Waals surface area contributed by atoms with Gasteiger partial charge in [-0.1, -0.05) is 49.1 Å². The number of para-hydroxylation sites is 1. The third-order valence-electron chi connectivity index (χ3n) is 7.58. The van der Waals surface area contributed by atoms with Crippen molar-refractivity contribution in [1.82, 2.24) is 4.98 Å². The number of nitrogens with zero attached hydrogens (tertiary/aromatic N) is 3. The lowest BCUT2D eigenvalue weighted by atomic mass is 9.83. The second-order valence-corrected chi connectivity index (χ2v) is 9.83. The van der Waals surface area contributed by atoms with Crippen LogP contribution >= 0.6 is 0 Å².